The number of aromatic nitrogens is 7. The lowest BCUT2D eigenvalue weighted by Gasteiger charge is -2.02. The van der Waals surface area contributed by atoms with Crippen LogP contribution < -0.4 is 5.32 Å². The first kappa shape index (κ1) is 18.9. The lowest BCUT2D eigenvalue weighted by molar-refractivity contribution is -0.394. The molecule has 0 aliphatic rings. The van der Waals surface area contributed by atoms with Crippen molar-refractivity contribution in [2.24, 2.45) is 0 Å². The number of nitro groups is 1. The fourth-order valence-corrected chi connectivity index (χ4v) is 2.67. The second-order valence-electron chi connectivity index (χ2n) is 6.21. The highest BCUT2D eigenvalue weighted by Gasteiger charge is 2.15. The minimum atomic E-state index is -0.702. The van der Waals surface area contributed by atoms with Crippen LogP contribution >= 0.6 is 0 Å². The van der Waals surface area contributed by atoms with Crippen molar-refractivity contribution in [2.45, 2.75) is 13.2 Å². The highest BCUT2D eigenvalue weighted by atomic mass is 19.1. The van der Waals surface area contributed by atoms with Crippen molar-refractivity contribution < 1.29 is 14.1 Å². The molecule has 0 aliphatic carbocycles. The second kappa shape index (κ2) is 7.90. The molecule has 4 aromatic rings. The quantitative estimate of drug-likeness (QED) is 0.359. The first-order valence-corrected chi connectivity index (χ1v) is 8.63. The molecular formula is C17H14FN9O3. The Morgan fingerprint density at radius 1 is 1.10 bits per heavy atom. The smallest absolute Gasteiger partial charge is 0.390 e. The Bertz CT molecular complexity index is 1210. The number of carbonyl (C=O) groups excluding carboxylic acids is 1. The molecule has 1 amide bonds. The number of anilines is 1. The Labute approximate surface area is 167 Å². The van der Waals surface area contributed by atoms with Crippen molar-refractivity contribution >= 4 is 17.7 Å². The van der Waals surface area contributed by atoms with Gasteiger partial charge in [-0.05, 0) is 28.7 Å². The zero-order valence-electron chi connectivity index (χ0n) is 15.3. The maximum atomic E-state index is 13.3. The molecule has 0 unspecified atom stereocenters. The van der Waals surface area contributed by atoms with Crippen LogP contribution in [0.5, 0.6) is 0 Å². The molecule has 0 aliphatic heterocycles. The van der Waals surface area contributed by atoms with Gasteiger partial charge in [-0.25, -0.2) is 9.07 Å². The maximum absolute atomic E-state index is 13.3. The summed E-state index contributed by atoms with van der Waals surface area (Å²) in [5.74, 6) is -1.01. The van der Waals surface area contributed by atoms with E-state index in [1.54, 1.807) is 29.1 Å². The van der Waals surface area contributed by atoms with Crippen LogP contribution in [-0.2, 0) is 13.2 Å². The predicted molar refractivity (Wildman–Crippen MR) is 100.0 cm³/mol. The van der Waals surface area contributed by atoms with E-state index < -0.39 is 16.8 Å². The lowest BCUT2D eigenvalue weighted by atomic mass is 10.2. The van der Waals surface area contributed by atoms with Gasteiger partial charge in [0.2, 0.25) is 6.33 Å². The molecular weight excluding hydrogens is 397 g/mol. The summed E-state index contributed by atoms with van der Waals surface area (Å²) < 4.78 is 17.5. The summed E-state index contributed by atoms with van der Waals surface area (Å²) in [6.07, 6.45) is 4.40. The Hall–Kier alpha value is -4.42. The van der Waals surface area contributed by atoms with E-state index in [0.717, 1.165) is 5.56 Å². The van der Waals surface area contributed by atoms with Gasteiger partial charge in [-0.2, -0.15) is 14.9 Å². The van der Waals surface area contributed by atoms with E-state index in [9.17, 15) is 19.3 Å². The highest BCUT2D eigenvalue weighted by Crippen LogP contribution is 2.09. The van der Waals surface area contributed by atoms with Gasteiger partial charge in [-0.15, -0.1) is 0 Å². The number of amides is 1. The normalized spacial score (nSPS) is 10.8. The Morgan fingerprint density at radius 2 is 1.93 bits per heavy atom. The molecule has 0 fully saturated rings. The third-order valence-corrected chi connectivity index (χ3v) is 3.97. The SMILES string of the molecule is O=C(Nc1ccn(Cc2cccc(F)c2)n1)c1ccn(Cn2cnc([N+](=O)[O-])n2)n1. The average Bonchev–Trinajstić information content (AvgIpc) is 3.44. The number of nitrogens with zero attached hydrogens (tertiary/aromatic N) is 8. The molecule has 152 valence electrons. The second-order valence-corrected chi connectivity index (χ2v) is 6.21. The summed E-state index contributed by atoms with van der Waals surface area (Å²) >= 11 is 0. The molecule has 30 heavy (non-hydrogen) atoms. The zero-order valence-corrected chi connectivity index (χ0v) is 15.3. The van der Waals surface area contributed by atoms with Crippen LogP contribution in [-0.4, -0.2) is 45.2 Å². The van der Waals surface area contributed by atoms with Gasteiger partial charge in [-0.1, -0.05) is 17.1 Å². The van der Waals surface area contributed by atoms with Gasteiger partial charge < -0.3 is 15.4 Å². The molecule has 1 aromatic carbocycles. The summed E-state index contributed by atoms with van der Waals surface area (Å²) in [4.78, 5) is 25.8. The Morgan fingerprint density at radius 3 is 2.70 bits per heavy atom. The molecule has 1 N–H and O–H groups in total. The van der Waals surface area contributed by atoms with Crippen LogP contribution in [0.1, 0.15) is 16.1 Å². The van der Waals surface area contributed by atoms with Crippen molar-refractivity contribution in [2.75, 3.05) is 5.32 Å². The summed E-state index contributed by atoms with van der Waals surface area (Å²) in [5.41, 5.74) is 0.868. The lowest BCUT2D eigenvalue weighted by Crippen LogP contribution is -2.15. The van der Waals surface area contributed by atoms with Gasteiger partial charge >= 0.3 is 5.95 Å². The molecule has 0 spiro atoms. The predicted octanol–water partition coefficient (Wildman–Crippen LogP) is 1.52. The van der Waals surface area contributed by atoms with Gasteiger partial charge in [0.05, 0.1) is 6.54 Å². The number of benzene rings is 1. The van der Waals surface area contributed by atoms with E-state index in [1.165, 1.54) is 40.1 Å². The largest absolute Gasteiger partial charge is 0.491 e. The monoisotopic (exact) mass is 411 g/mol. The van der Waals surface area contributed by atoms with Crippen molar-refractivity contribution in [3.05, 3.63) is 82.3 Å². The standard InChI is InChI=1S/C17H14FN9O3/c18-13-3-1-2-12(8-13)9-24-7-5-15(22-24)20-16(28)14-4-6-25(21-14)11-26-10-19-17(23-26)27(29)30/h1-8,10H,9,11H2,(H,20,22,28). The minimum absolute atomic E-state index is 0.0520. The third-order valence-electron chi connectivity index (χ3n) is 3.97. The summed E-state index contributed by atoms with van der Waals surface area (Å²) in [7, 11) is 0. The first-order valence-electron chi connectivity index (χ1n) is 8.63. The molecule has 3 heterocycles. The number of rotatable bonds is 7. The van der Waals surface area contributed by atoms with E-state index in [0.29, 0.717) is 12.4 Å². The average molecular weight is 411 g/mol. The Balaban J connectivity index is 1.37. The van der Waals surface area contributed by atoms with E-state index in [2.05, 4.69) is 25.6 Å². The van der Waals surface area contributed by atoms with Crippen molar-refractivity contribution in [1.82, 2.24) is 34.3 Å². The summed E-state index contributed by atoms with van der Waals surface area (Å²) in [5, 5.41) is 25.3. The highest BCUT2D eigenvalue weighted by molar-refractivity contribution is 6.02. The molecule has 0 atom stereocenters. The van der Waals surface area contributed by atoms with Crippen molar-refractivity contribution in [3.63, 3.8) is 0 Å². The van der Waals surface area contributed by atoms with Crippen LogP contribution in [0.4, 0.5) is 16.2 Å². The van der Waals surface area contributed by atoms with Crippen LogP contribution in [0, 0.1) is 15.9 Å². The summed E-state index contributed by atoms with van der Waals surface area (Å²) in [6.45, 7) is 0.405. The summed E-state index contributed by atoms with van der Waals surface area (Å²) in [6, 6.07) is 9.27. The zero-order chi connectivity index (χ0) is 21.1. The number of hydrogen-bond acceptors (Lipinski definition) is 7. The topological polar surface area (TPSA) is 139 Å². The van der Waals surface area contributed by atoms with Gasteiger partial charge in [0, 0.05) is 23.6 Å². The number of hydrogen-bond donors (Lipinski definition) is 1. The van der Waals surface area contributed by atoms with Gasteiger partial charge in [0.25, 0.3) is 5.91 Å². The molecule has 0 saturated heterocycles. The maximum Gasteiger partial charge on any atom is 0.491 e. The molecule has 0 saturated carbocycles. The number of carbonyl (C=O) groups is 1. The van der Waals surface area contributed by atoms with E-state index in [-0.39, 0.29) is 18.2 Å². The van der Waals surface area contributed by atoms with E-state index >= 15 is 0 Å². The first-order chi connectivity index (χ1) is 14.5. The Kier molecular flexibility index (Phi) is 4.99. The van der Waals surface area contributed by atoms with Crippen LogP contribution in [0.2, 0.25) is 0 Å². The minimum Gasteiger partial charge on any atom is -0.390 e. The molecule has 13 heteroatoms. The molecule has 0 radical (unpaired) electrons. The molecule has 12 nitrogen and oxygen atoms in total. The van der Waals surface area contributed by atoms with Crippen molar-refractivity contribution in [1.29, 1.82) is 0 Å². The van der Waals surface area contributed by atoms with Crippen molar-refractivity contribution in [3.8, 4) is 0 Å². The molecule has 3 aromatic heterocycles. The van der Waals surface area contributed by atoms with Gasteiger partial charge in [-0.3, -0.25) is 9.48 Å². The van der Waals surface area contributed by atoms with E-state index in [4.69, 9.17) is 0 Å². The van der Waals surface area contributed by atoms with Crippen LogP contribution in [0.15, 0.2) is 55.1 Å². The van der Waals surface area contributed by atoms with Crippen LogP contribution in [0.25, 0.3) is 0 Å². The fourth-order valence-electron chi connectivity index (χ4n) is 2.67. The van der Waals surface area contributed by atoms with Crippen LogP contribution in [0.3, 0.4) is 0 Å². The number of nitrogens with one attached hydrogen (secondary N) is 1. The molecule has 0 bridgehead atoms. The van der Waals surface area contributed by atoms with E-state index in [1.807, 2.05) is 0 Å². The number of halogens is 1. The van der Waals surface area contributed by atoms with Gasteiger partial charge in [0.1, 0.15) is 5.82 Å². The fraction of sp³-hybridized carbons (Fsp3) is 0.118. The molecule has 4 rings (SSSR count). The third kappa shape index (κ3) is 4.35. The van der Waals surface area contributed by atoms with Gasteiger partial charge in [0.15, 0.2) is 18.2 Å².